The number of amides is 1. The minimum absolute atomic E-state index is 0.00296. The lowest BCUT2D eigenvalue weighted by atomic mass is 10.1. The number of nitrogens with one attached hydrogen (secondary N) is 1. The minimum atomic E-state index is 0.00296. The lowest BCUT2D eigenvalue weighted by molar-refractivity contribution is -0.115. The van der Waals surface area contributed by atoms with E-state index < -0.39 is 0 Å². The number of carbonyl (C=O) groups is 1. The van der Waals surface area contributed by atoms with Gasteiger partial charge >= 0.3 is 0 Å². The van der Waals surface area contributed by atoms with E-state index in [0.29, 0.717) is 6.42 Å². The van der Waals surface area contributed by atoms with Gasteiger partial charge in [0.05, 0.1) is 6.42 Å². The Kier molecular flexibility index (Phi) is 4.99. The van der Waals surface area contributed by atoms with Crippen molar-refractivity contribution in [3.05, 3.63) is 61.6 Å². The van der Waals surface area contributed by atoms with Crippen LogP contribution >= 0.6 is 38.5 Å². The molecule has 2 aromatic rings. The van der Waals surface area contributed by atoms with Crippen molar-refractivity contribution < 1.29 is 4.79 Å². The number of hydrogen-bond acceptors (Lipinski definition) is 1. The Morgan fingerprint density at radius 3 is 2.79 bits per heavy atom. The Morgan fingerprint density at radius 1 is 1.26 bits per heavy atom. The zero-order valence-corrected chi connectivity index (χ0v) is 14.2. The van der Waals surface area contributed by atoms with Crippen molar-refractivity contribution in [1.82, 2.24) is 0 Å². The Balaban J connectivity index is 2.07. The maximum atomic E-state index is 12.0. The maximum absolute atomic E-state index is 12.0. The number of rotatable bonds is 3. The first-order valence-corrected chi connectivity index (χ1v) is 7.72. The lowest BCUT2D eigenvalue weighted by Gasteiger charge is -2.09. The fourth-order valence-electron chi connectivity index (χ4n) is 1.76. The quantitative estimate of drug-likeness (QED) is 0.713. The van der Waals surface area contributed by atoms with Gasteiger partial charge in [0, 0.05) is 13.7 Å². The second kappa shape index (κ2) is 6.52. The van der Waals surface area contributed by atoms with Gasteiger partial charge in [-0.15, -0.1) is 0 Å². The van der Waals surface area contributed by atoms with Crippen LogP contribution < -0.4 is 5.32 Å². The third-order valence-corrected chi connectivity index (χ3v) is 3.89. The van der Waals surface area contributed by atoms with Gasteiger partial charge in [-0.25, -0.2) is 0 Å². The molecule has 2 nitrogen and oxygen atoms in total. The average molecular weight is 430 g/mol. The highest BCUT2D eigenvalue weighted by atomic mass is 127. The van der Waals surface area contributed by atoms with Crippen molar-refractivity contribution in [1.29, 1.82) is 0 Å². The van der Waals surface area contributed by atoms with Crippen molar-refractivity contribution in [3.63, 3.8) is 0 Å². The van der Waals surface area contributed by atoms with Crippen LogP contribution in [0.1, 0.15) is 11.1 Å². The molecule has 2 aromatic carbocycles. The van der Waals surface area contributed by atoms with Gasteiger partial charge in [0.2, 0.25) is 5.91 Å². The van der Waals surface area contributed by atoms with Gasteiger partial charge in [-0.3, -0.25) is 4.79 Å². The summed E-state index contributed by atoms with van der Waals surface area (Å²) in [7, 11) is 0. The third-order valence-electron chi connectivity index (χ3n) is 2.73. The molecule has 0 heterocycles. The molecule has 0 radical (unpaired) electrons. The molecule has 0 aromatic heterocycles. The van der Waals surface area contributed by atoms with Gasteiger partial charge in [-0.2, -0.15) is 0 Å². The fraction of sp³-hybridized carbons (Fsp3) is 0.133. The molecule has 0 saturated heterocycles. The monoisotopic (exact) mass is 429 g/mol. The lowest BCUT2D eigenvalue weighted by Crippen LogP contribution is -2.15. The zero-order valence-electron chi connectivity index (χ0n) is 10.4. The van der Waals surface area contributed by atoms with E-state index in [2.05, 4.69) is 43.8 Å². The Hall–Kier alpha value is -0.880. The Labute approximate surface area is 134 Å². The fourth-order valence-corrected chi connectivity index (χ4v) is 2.69. The number of aryl methyl sites for hydroxylation is 1. The highest BCUT2D eigenvalue weighted by Crippen LogP contribution is 2.19. The topological polar surface area (TPSA) is 29.1 Å². The molecular weight excluding hydrogens is 417 g/mol. The predicted molar refractivity (Wildman–Crippen MR) is 90.4 cm³/mol. The second-order valence-corrected chi connectivity index (χ2v) is 6.48. The van der Waals surface area contributed by atoms with E-state index in [-0.39, 0.29) is 5.91 Å². The van der Waals surface area contributed by atoms with Crippen LogP contribution in [-0.2, 0) is 11.2 Å². The summed E-state index contributed by atoms with van der Waals surface area (Å²) in [6.45, 7) is 1.99. The van der Waals surface area contributed by atoms with E-state index in [9.17, 15) is 4.79 Å². The van der Waals surface area contributed by atoms with Crippen molar-refractivity contribution >= 4 is 50.1 Å². The van der Waals surface area contributed by atoms with Crippen LogP contribution in [0.2, 0.25) is 0 Å². The molecule has 0 saturated carbocycles. The standard InChI is InChI=1S/C15H13BrINO/c1-10-5-6-13(17)9-14(10)18-15(19)8-11-3-2-4-12(16)7-11/h2-7,9H,8H2,1H3,(H,18,19). The molecule has 0 atom stereocenters. The first kappa shape index (κ1) is 14.5. The van der Waals surface area contributed by atoms with Gasteiger partial charge in [0.15, 0.2) is 0 Å². The SMILES string of the molecule is Cc1ccc(I)cc1NC(=O)Cc1cccc(Br)c1. The Bertz CT molecular complexity index is 613. The van der Waals surface area contributed by atoms with Crippen LogP contribution in [0.15, 0.2) is 46.9 Å². The van der Waals surface area contributed by atoms with Gasteiger partial charge in [0.25, 0.3) is 0 Å². The molecule has 0 bridgehead atoms. The van der Waals surface area contributed by atoms with Gasteiger partial charge in [-0.1, -0.05) is 34.1 Å². The number of halogens is 2. The van der Waals surface area contributed by atoms with E-state index in [1.807, 2.05) is 49.4 Å². The molecule has 0 aliphatic rings. The van der Waals surface area contributed by atoms with Crippen molar-refractivity contribution in [2.75, 3.05) is 5.32 Å². The van der Waals surface area contributed by atoms with Crippen LogP contribution in [0, 0.1) is 10.5 Å². The molecule has 0 fully saturated rings. The van der Waals surface area contributed by atoms with E-state index in [0.717, 1.165) is 24.9 Å². The number of anilines is 1. The minimum Gasteiger partial charge on any atom is -0.326 e. The van der Waals surface area contributed by atoms with Crippen LogP contribution in [0.4, 0.5) is 5.69 Å². The van der Waals surface area contributed by atoms with Crippen molar-refractivity contribution in [3.8, 4) is 0 Å². The maximum Gasteiger partial charge on any atom is 0.228 e. The molecular formula is C15H13BrINO. The summed E-state index contributed by atoms with van der Waals surface area (Å²) in [5, 5.41) is 2.96. The van der Waals surface area contributed by atoms with Gasteiger partial charge in [-0.05, 0) is 64.9 Å². The first-order valence-electron chi connectivity index (χ1n) is 5.85. The molecule has 0 unspecified atom stereocenters. The molecule has 1 N–H and O–H groups in total. The van der Waals surface area contributed by atoms with E-state index in [1.165, 1.54) is 0 Å². The van der Waals surface area contributed by atoms with E-state index in [1.54, 1.807) is 0 Å². The van der Waals surface area contributed by atoms with Gasteiger partial charge < -0.3 is 5.32 Å². The number of benzene rings is 2. The molecule has 19 heavy (non-hydrogen) atoms. The van der Waals surface area contributed by atoms with Crippen molar-refractivity contribution in [2.24, 2.45) is 0 Å². The van der Waals surface area contributed by atoms with E-state index >= 15 is 0 Å². The summed E-state index contributed by atoms with van der Waals surface area (Å²) in [4.78, 5) is 12.0. The van der Waals surface area contributed by atoms with Crippen LogP contribution in [0.5, 0.6) is 0 Å². The summed E-state index contributed by atoms with van der Waals surface area (Å²) < 4.78 is 2.10. The molecule has 0 aliphatic carbocycles. The van der Waals surface area contributed by atoms with Gasteiger partial charge in [0.1, 0.15) is 0 Å². The molecule has 2 rings (SSSR count). The van der Waals surface area contributed by atoms with E-state index in [4.69, 9.17) is 0 Å². The predicted octanol–water partition coefficient (Wildman–Crippen LogP) is 4.54. The normalized spacial score (nSPS) is 10.3. The summed E-state index contributed by atoms with van der Waals surface area (Å²) in [6.07, 6.45) is 0.379. The molecule has 98 valence electrons. The van der Waals surface area contributed by atoms with Crippen LogP contribution in [-0.4, -0.2) is 5.91 Å². The number of hydrogen-bond donors (Lipinski definition) is 1. The Morgan fingerprint density at radius 2 is 2.05 bits per heavy atom. The second-order valence-electron chi connectivity index (χ2n) is 4.31. The van der Waals surface area contributed by atoms with Crippen LogP contribution in [0.3, 0.4) is 0 Å². The first-order chi connectivity index (χ1) is 9.04. The van der Waals surface area contributed by atoms with Crippen LogP contribution in [0.25, 0.3) is 0 Å². The average Bonchev–Trinajstić information content (AvgIpc) is 2.34. The summed E-state index contributed by atoms with van der Waals surface area (Å²) in [6, 6.07) is 13.8. The highest BCUT2D eigenvalue weighted by molar-refractivity contribution is 14.1. The summed E-state index contributed by atoms with van der Waals surface area (Å²) in [5.41, 5.74) is 2.95. The van der Waals surface area contributed by atoms with Crippen molar-refractivity contribution in [2.45, 2.75) is 13.3 Å². The highest BCUT2D eigenvalue weighted by Gasteiger charge is 2.06. The largest absolute Gasteiger partial charge is 0.326 e. The molecule has 4 heteroatoms. The zero-order chi connectivity index (χ0) is 13.8. The smallest absolute Gasteiger partial charge is 0.228 e. The number of carbonyl (C=O) groups excluding carboxylic acids is 1. The summed E-state index contributed by atoms with van der Waals surface area (Å²) >= 11 is 5.65. The summed E-state index contributed by atoms with van der Waals surface area (Å²) in [5.74, 6) is 0.00296. The third kappa shape index (κ3) is 4.31. The molecule has 0 spiro atoms. The molecule has 0 aliphatic heterocycles. The molecule has 1 amide bonds.